The highest BCUT2D eigenvalue weighted by Gasteiger charge is 2.53. The molecule has 0 saturated carbocycles. The molecule has 33 heavy (non-hydrogen) atoms. The Morgan fingerprint density at radius 1 is 1.21 bits per heavy atom. The van der Waals surface area contributed by atoms with Crippen molar-refractivity contribution in [3.05, 3.63) is 88.6 Å². The number of aromatic amines is 1. The minimum atomic E-state index is -0.615. The number of hydrogen-bond donors (Lipinski definition) is 2. The molecular formula is C28H27N3O2. The predicted octanol–water partition coefficient (Wildman–Crippen LogP) is 4.52. The third-order valence-electron chi connectivity index (χ3n) is 7.41. The normalized spacial score (nSPS) is 23.9. The minimum absolute atomic E-state index is 0.0454. The second kappa shape index (κ2) is 8.46. The first-order valence-electron chi connectivity index (χ1n) is 11.6. The quantitative estimate of drug-likeness (QED) is 0.614. The summed E-state index contributed by atoms with van der Waals surface area (Å²) in [6, 6.07) is 20.7. The van der Waals surface area contributed by atoms with Crippen LogP contribution in [-0.2, 0) is 23.1 Å². The molecule has 1 aromatic heterocycles. The van der Waals surface area contributed by atoms with E-state index in [4.69, 9.17) is 5.10 Å². The molecule has 2 aliphatic rings. The Morgan fingerprint density at radius 2 is 2.03 bits per heavy atom. The number of nitrogens with zero attached hydrogens (tertiary/aromatic N) is 2. The van der Waals surface area contributed by atoms with Crippen LogP contribution in [0.25, 0.3) is 11.3 Å². The minimum Gasteiger partial charge on any atom is -0.396 e. The lowest BCUT2D eigenvalue weighted by atomic mass is 9.54. The Kier molecular flexibility index (Phi) is 5.47. The molecule has 5 nitrogen and oxygen atoms in total. The average Bonchev–Trinajstić information content (AvgIpc) is 3.30. The van der Waals surface area contributed by atoms with Gasteiger partial charge in [0.2, 0.25) is 0 Å². The molecule has 5 rings (SSSR count). The van der Waals surface area contributed by atoms with E-state index >= 15 is 0 Å². The monoisotopic (exact) mass is 437 g/mol. The van der Waals surface area contributed by atoms with Gasteiger partial charge in [0, 0.05) is 23.7 Å². The number of rotatable bonds is 5. The first-order chi connectivity index (χ1) is 16.1. The number of nitriles is 1. The van der Waals surface area contributed by atoms with Gasteiger partial charge in [-0.05, 0) is 54.9 Å². The Bertz CT molecular complexity index is 1270. The van der Waals surface area contributed by atoms with Gasteiger partial charge >= 0.3 is 0 Å². The number of ketones is 1. The van der Waals surface area contributed by atoms with Crippen LogP contribution >= 0.6 is 0 Å². The zero-order valence-electron chi connectivity index (χ0n) is 18.7. The maximum atomic E-state index is 12.9. The van der Waals surface area contributed by atoms with E-state index in [0.717, 1.165) is 53.8 Å². The van der Waals surface area contributed by atoms with Crippen molar-refractivity contribution < 1.29 is 9.90 Å². The lowest BCUT2D eigenvalue weighted by Gasteiger charge is -2.47. The highest BCUT2D eigenvalue weighted by molar-refractivity contribution is 6.02. The number of aliphatic hydroxyl groups excluding tert-OH is 1. The highest BCUT2D eigenvalue weighted by atomic mass is 16.2. The Hall–Kier alpha value is -3.49. The van der Waals surface area contributed by atoms with Crippen molar-refractivity contribution in [3.8, 4) is 17.3 Å². The molecule has 0 spiro atoms. The van der Waals surface area contributed by atoms with Crippen molar-refractivity contribution in [2.24, 2.45) is 11.8 Å². The summed E-state index contributed by atoms with van der Waals surface area (Å²) >= 11 is 0. The molecule has 2 aromatic carbocycles. The number of Topliss-reactive ketones (excluding diaryl/α,β-unsaturated/α-hetero) is 1. The van der Waals surface area contributed by atoms with Gasteiger partial charge in [-0.25, -0.2) is 0 Å². The van der Waals surface area contributed by atoms with Crippen LogP contribution in [0.5, 0.6) is 0 Å². The Balaban J connectivity index is 1.71. The number of H-pyrrole nitrogens is 1. The van der Waals surface area contributed by atoms with Gasteiger partial charge in [-0.2, -0.15) is 10.4 Å². The Labute approximate surface area is 193 Å². The summed E-state index contributed by atoms with van der Waals surface area (Å²) in [5.74, 6) is -0.270. The number of aryl methyl sites for hydroxylation is 1. The molecule has 3 atom stereocenters. The van der Waals surface area contributed by atoms with Crippen LogP contribution < -0.4 is 0 Å². The maximum absolute atomic E-state index is 12.9. The predicted molar refractivity (Wildman–Crippen MR) is 126 cm³/mol. The summed E-state index contributed by atoms with van der Waals surface area (Å²) in [6.45, 7) is 2.13. The summed E-state index contributed by atoms with van der Waals surface area (Å²) in [5, 5.41) is 27.1. The largest absolute Gasteiger partial charge is 0.396 e. The highest BCUT2D eigenvalue weighted by Crippen LogP contribution is 2.54. The summed E-state index contributed by atoms with van der Waals surface area (Å²) < 4.78 is 0. The molecule has 3 aromatic rings. The van der Waals surface area contributed by atoms with E-state index in [1.54, 1.807) is 0 Å². The zero-order valence-corrected chi connectivity index (χ0v) is 18.7. The van der Waals surface area contributed by atoms with Crippen LogP contribution in [0.1, 0.15) is 42.1 Å². The molecule has 2 aliphatic carbocycles. The van der Waals surface area contributed by atoms with Crippen molar-refractivity contribution in [1.29, 1.82) is 5.26 Å². The standard InChI is InChI=1S/C28H27N3O2/c1-18-24-13-12-23-25(20-9-5-7-19(15-20)8-6-14-32)30-31-27(23)28(24,16-21(17-29)26(18)33)22-10-3-2-4-11-22/h2-5,7,9-11,15-16,18,24,32H,6,8,12-14H2,1H3,(H,30,31)/t18?,24?,28-/m1/s1. The second-order valence-corrected chi connectivity index (χ2v) is 9.16. The van der Waals surface area contributed by atoms with Crippen molar-refractivity contribution in [1.82, 2.24) is 10.2 Å². The molecular weight excluding hydrogens is 410 g/mol. The topological polar surface area (TPSA) is 89.8 Å². The van der Waals surface area contributed by atoms with Crippen LogP contribution in [0.2, 0.25) is 0 Å². The molecule has 1 heterocycles. The molecule has 0 amide bonds. The number of allylic oxidation sites excluding steroid dienone is 2. The number of nitrogens with one attached hydrogen (secondary N) is 1. The molecule has 0 aliphatic heterocycles. The molecule has 0 radical (unpaired) electrons. The van der Waals surface area contributed by atoms with Crippen molar-refractivity contribution in [2.45, 2.75) is 38.0 Å². The Morgan fingerprint density at radius 3 is 2.79 bits per heavy atom. The average molecular weight is 438 g/mol. The van der Waals surface area contributed by atoms with Gasteiger partial charge in [-0.1, -0.05) is 55.5 Å². The molecule has 2 N–H and O–H groups in total. The molecule has 0 fully saturated rings. The van der Waals surface area contributed by atoms with E-state index in [2.05, 4.69) is 41.5 Å². The first kappa shape index (κ1) is 21.4. The number of aliphatic hydroxyl groups is 1. The lowest BCUT2D eigenvalue weighted by molar-refractivity contribution is -0.121. The van der Waals surface area contributed by atoms with E-state index in [1.807, 2.05) is 37.3 Å². The molecule has 166 valence electrons. The van der Waals surface area contributed by atoms with Gasteiger partial charge in [0.15, 0.2) is 5.78 Å². The van der Waals surface area contributed by atoms with E-state index in [9.17, 15) is 15.2 Å². The van der Waals surface area contributed by atoms with Gasteiger partial charge in [0.1, 0.15) is 6.07 Å². The van der Waals surface area contributed by atoms with E-state index in [0.29, 0.717) is 0 Å². The van der Waals surface area contributed by atoms with Crippen LogP contribution in [0, 0.1) is 23.2 Å². The fourth-order valence-electron chi connectivity index (χ4n) is 5.84. The van der Waals surface area contributed by atoms with Gasteiger partial charge in [-0.3, -0.25) is 9.89 Å². The summed E-state index contributed by atoms with van der Waals surface area (Å²) in [6.07, 6.45) is 5.12. The fraction of sp³-hybridized carbons (Fsp3) is 0.321. The van der Waals surface area contributed by atoms with E-state index in [1.165, 1.54) is 5.56 Å². The lowest BCUT2D eigenvalue weighted by Crippen LogP contribution is -2.48. The molecule has 2 unspecified atom stereocenters. The fourth-order valence-corrected chi connectivity index (χ4v) is 5.84. The third-order valence-corrected chi connectivity index (χ3v) is 7.41. The van der Waals surface area contributed by atoms with Crippen LogP contribution in [0.15, 0.2) is 66.2 Å². The summed E-state index contributed by atoms with van der Waals surface area (Å²) in [5.41, 5.74) is 6.02. The SMILES string of the molecule is CC1C(=O)C(C#N)=C[C@]2(c3ccccc3)c3n[nH]c(-c4cccc(CCCO)c4)c3CCC12. The number of carbonyl (C=O) groups excluding carboxylic acids is 1. The van der Waals surface area contributed by atoms with Crippen LogP contribution in [0.4, 0.5) is 0 Å². The molecule has 0 bridgehead atoms. The second-order valence-electron chi connectivity index (χ2n) is 9.16. The number of hydrogen-bond acceptors (Lipinski definition) is 4. The number of carbonyl (C=O) groups is 1. The van der Waals surface area contributed by atoms with Crippen LogP contribution in [0.3, 0.4) is 0 Å². The molecule has 5 heteroatoms. The maximum Gasteiger partial charge on any atom is 0.176 e. The number of benzene rings is 2. The van der Waals surface area contributed by atoms with Gasteiger partial charge in [-0.15, -0.1) is 0 Å². The van der Waals surface area contributed by atoms with Gasteiger partial charge in [0.25, 0.3) is 0 Å². The van der Waals surface area contributed by atoms with Gasteiger partial charge < -0.3 is 5.11 Å². The summed E-state index contributed by atoms with van der Waals surface area (Å²) in [7, 11) is 0. The number of aromatic nitrogens is 2. The third kappa shape index (κ3) is 3.34. The van der Waals surface area contributed by atoms with Crippen LogP contribution in [-0.4, -0.2) is 27.7 Å². The first-order valence-corrected chi connectivity index (χ1v) is 11.6. The van der Waals surface area contributed by atoms with E-state index < -0.39 is 5.41 Å². The smallest absolute Gasteiger partial charge is 0.176 e. The zero-order chi connectivity index (χ0) is 23.0. The van der Waals surface area contributed by atoms with Gasteiger partial charge in [0.05, 0.1) is 22.4 Å². The van der Waals surface area contributed by atoms with Crippen molar-refractivity contribution in [3.63, 3.8) is 0 Å². The number of fused-ring (bicyclic) bond motifs is 3. The van der Waals surface area contributed by atoms with E-state index in [-0.39, 0.29) is 29.8 Å². The van der Waals surface area contributed by atoms with Crippen molar-refractivity contribution in [2.75, 3.05) is 6.61 Å². The summed E-state index contributed by atoms with van der Waals surface area (Å²) in [4.78, 5) is 12.9. The molecule has 0 saturated heterocycles. The van der Waals surface area contributed by atoms with Crippen molar-refractivity contribution >= 4 is 5.78 Å².